The van der Waals surface area contributed by atoms with E-state index in [9.17, 15) is 0 Å². The normalized spacial score (nSPS) is 12.0. The van der Waals surface area contributed by atoms with Gasteiger partial charge in [-0.2, -0.15) is 0 Å². The van der Waals surface area contributed by atoms with Crippen LogP contribution in [0.25, 0.3) is 0 Å². The Balaban J connectivity index is 3.11. The minimum absolute atomic E-state index is 0.762. The molecule has 0 saturated heterocycles. The lowest BCUT2D eigenvalue weighted by molar-refractivity contribution is 0.873. The van der Waals surface area contributed by atoms with E-state index in [1.54, 1.807) is 0 Å². The van der Waals surface area contributed by atoms with E-state index in [2.05, 4.69) is 28.8 Å². The van der Waals surface area contributed by atoms with Crippen LogP contribution in [0.4, 0.5) is 0 Å². The summed E-state index contributed by atoms with van der Waals surface area (Å²) in [5.41, 5.74) is 0. The van der Waals surface area contributed by atoms with E-state index in [-0.39, 0.29) is 0 Å². The topological polar surface area (TPSA) is 0 Å². The second-order valence-corrected chi connectivity index (χ2v) is 12.3. The minimum Gasteiger partial charge on any atom is -0.149 e. The summed E-state index contributed by atoms with van der Waals surface area (Å²) in [6, 6.07) is 1.47. The van der Waals surface area contributed by atoms with Gasteiger partial charge in [0, 0.05) is 0 Å². The zero-order valence-electron chi connectivity index (χ0n) is 6.20. The Labute approximate surface area is 56.1 Å². The first-order valence-electron chi connectivity index (χ1n) is 3.35. The van der Waals surface area contributed by atoms with Crippen LogP contribution in [0, 0.1) is 0 Å². The summed E-state index contributed by atoms with van der Waals surface area (Å²) in [6.07, 6.45) is 2.77. The molecule has 0 rings (SSSR count). The van der Waals surface area contributed by atoms with Gasteiger partial charge in [-0.1, -0.05) is 38.9 Å². The van der Waals surface area contributed by atoms with Crippen molar-refractivity contribution in [2.75, 3.05) is 0 Å². The smallest absolute Gasteiger partial charge is 0.0684 e. The highest BCUT2D eigenvalue weighted by atomic mass is 31.3. The summed E-state index contributed by atoms with van der Waals surface area (Å²) in [6.45, 7) is 7.05. The molecular weight excluding hydrogens is 131 g/mol. The van der Waals surface area contributed by atoms with Crippen LogP contribution in [0.2, 0.25) is 19.1 Å². The third-order valence-electron chi connectivity index (χ3n) is 1.17. The summed E-state index contributed by atoms with van der Waals surface area (Å²) in [4.78, 5) is 0. The van der Waals surface area contributed by atoms with Crippen LogP contribution in [0.3, 0.4) is 0 Å². The van der Waals surface area contributed by atoms with Crippen molar-refractivity contribution in [2.24, 2.45) is 0 Å². The third-order valence-corrected chi connectivity index (χ3v) is 3.68. The van der Waals surface area contributed by atoms with Gasteiger partial charge >= 0.3 is 0 Å². The first-order valence-corrected chi connectivity index (χ1v) is 8.37. The van der Waals surface area contributed by atoms with Gasteiger partial charge in [0.05, 0.1) is 7.74 Å². The van der Waals surface area contributed by atoms with E-state index in [4.69, 9.17) is 0 Å². The highest BCUT2D eigenvalue weighted by molar-refractivity contribution is 7.68. The van der Waals surface area contributed by atoms with Crippen LogP contribution in [-0.2, 0) is 0 Å². The summed E-state index contributed by atoms with van der Waals surface area (Å²) >= 11 is 0. The first kappa shape index (κ1) is 8.65. The molecule has 0 aromatic carbocycles. The Hall–Kier alpha value is 0.647. The zero-order valence-corrected chi connectivity index (χ0v) is 8.35. The molecule has 50 valence electrons. The summed E-state index contributed by atoms with van der Waals surface area (Å²) < 4.78 is 0. The third kappa shape index (κ3) is 6.65. The number of hydrogen-bond acceptors (Lipinski definition) is 0. The SMILES string of the molecule is CCCC[Si](C)(C)P. The quantitative estimate of drug-likeness (QED) is 0.426. The average Bonchev–Trinajstić information content (AvgIpc) is 1.59. The predicted molar refractivity (Wildman–Crippen MR) is 46.9 cm³/mol. The van der Waals surface area contributed by atoms with Gasteiger partial charge in [-0.05, 0) is 0 Å². The minimum atomic E-state index is -0.762. The predicted octanol–water partition coefficient (Wildman–Crippen LogP) is 2.87. The Morgan fingerprint density at radius 1 is 1.38 bits per heavy atom. The van der Waals surface area contributed by atoms with Crippen molar-refractivity contribution >= 4 is 16.5 Å². The van der Waals surface area contributed by atoms with Gasteiger partial charge in [-0.15, -0.1) is 8.79 Å². The van der Waals surface area contributed by atoms with Crippen molar-refractivity contribution in [1.29, 1.82) is 0 Å². The fourth-order valence-electron chi connectivity index (χ4n) is 0.632. The van der Waals surface area contributed by atoms with E-state index in [0.29, 0.717) is 0 Å². The zero-order chi connectivity index (χ0) is 6.62. The maximum Gasteiger partial charge on any atom is 0.0684 e. The summed E-state index contributed by atoms with van der Waals surface area (Å²) in [5, 5.41) is 0. The lowest BCUT2D eigenvalue weighted by atomic mass is 10.4. The molecule has 0 amide bonds. The molecular formula is C6H17PSi. The molecule has 0 aromatic heterocycles. The number of rotatable bonds is 3. The van der Waals surface area contributed by atoms with Crippen LogP contribution in [0.1, 0.15) is 19.8 Å². The van der Waals surface area contributed by atoms with E-state index in [1.807, 2.05) is 0 Å². The monoisotopic (exact) mass is 148 g/mol. The van der Waals surface area contributed by atoms with Crippen molar-refractivity contribution in [3.05, 3.63) is 0 Å². The molecule has 0 bridgehead atoms. The highest BCUT2D eigenvalue weighted by Crippen LogP contribution is 2.19. The van der Waals surface area contributed by atoms with Gasteiger partial charge in [0.25, 0.3) is 0 Å². The first-order chi connectivity index (χ1) is 3.56. The van der Waals surface area contributed by atoms with E-state index >= 15 is 0 Å². The van der Waals surface area contributed by atoms with Gasteiger partial charge in [0.15, 0.2) is 0 Å². The van der Waals surface area contributed by atoms with Crippen molar-refractivity contribution < 1.29 is 0 Å². The Kier molecular flexibility index (Phi) is 3.92. The molecule has 0 aliphatic carbocycles. The molecule has 8 heavy (non-hydrogen) atoms. The van der Waals surface area contributed by atoms with Gasteiger partial charge in [-0.3, -0.25) is 0 Å². The number of unbranched alkanes of at least 4 members (excludes halogenated alkanes) is 1. The summed E-state index contributed by atoms with van der Waals surface area (Å²) in [5.74, 6) is 0. The van der Waals surface area contributed by atoms with Gasteiger partial charge < -0.3 is 0 Å². The van der Waals surface area contributed by atoms with E-state index < -0.39 is 7.74 Å². The Morgan fingerprint density at radius 3 is 2.00 bits per heavy atom. The van der Waals surface area contributed by atoms with Crippen molar-refractivity contribution in [3.8, 4) is 0 Å². The standard InChI is InChI=1S/C6H17PSi/c1-4-5-6-8(2,3)7/h4-7H2,1-3H3. The van der Waals surface area contributed by atoms with Crippen LogP contribution in [0.5, 0.6) is 0 Å². The molecule has 0 aromatic rings. The summed E-state index contributed by atoms with van der Waals surface area (Å²) in [7, 11) is 2.24. The average molecular weight is 148 g/mol. The molecule has 0 spiro atoms. The molecule has 0 N–H and O–H groups in total. The lowest BCUT2D eigenvalue weighted by Crippen LogP contribution is -2.13. The Morgan fingerprint density at radius 2 is 1.88 bits per heavy atom. The Bertz CT molecular complexity index is 56.0. The largest absolute Gasteiger partial charge is 0.149 e. The van der Waals surface area contributed by atoms with Crippen LogP contribution < -0.4 is 0 Å². The second kappa shape index (κ2) is 3.63. The molecule has 1 unspecified atom stereocenters. The lowest BCUT2D eigenvalue weighted by Gasteiger charge is -2.13. The molecule has 0 aliphatic rings. The van der Waals surface area contributed by atoms with Crippen molar-refractivity contribution in [1.82, 2.24) is 0 Å². The van der Waals surface area contributed by atoms with Gasteiger partial charge in [0.2, 0.25) is 0 Å². The van der Waals surface area contributed by atoms with E-state index in [1.165, 1.54) is 18.9 Å². The molecule has 0 aliphatic heterocycles. The molecule has 0 fully saturated rings. The molecule has 0 heterocycles. The van der Waals surface area contributed by atoms with Crippen molar-refractivity contribution in [2.45, 2.75) is 38.9 Å². The van der Waals surface area contributed by atoms with Gasteiger partial charge in [-0.25, -0.2) is 0 Å². The van der Waals surface area contributed by atoms with Crippen molar-refractivity contribution in [3.63, 3.8) is 0 Å². The maximum atomic E-state index is 3.00. The maximum absolute atomic E-state index is 3.00. The molecule has 0 radical (unpaired) electrons. The number of hydrogen-bond donors (Lipinski definition) is 0. The van der Waals surface area contributed by atoms with Crippen LogP contribution in [0.15, 0.2) is 0 Å². The fraction of sp³-hybridized carbons (Fsp3) is 1.00. The second-order valence-electron chi connectivity index (χ2n) is 3.09. The van der Waals surface area contributed by atoms with Crippen LogP contribution in [-0.4, -0.2) is 7.74 Å². The molecule has 1 atom stereocenters. The molecule has 0 saturated carbocycles. The van der Waals surface area contributed by atoms with E-state index in [0.717, 1.165) is 0 Å². The fourth-order valence-corrected chi connectivity index (χ4v) is 2.51. The highest BCUT2D eigenvalue weighted by Gasteiger charge is 2.10. The van der Waals surface area contributed by atoms with Crippen LogP contribution >= 0.6 is 8.79 Å². The molecule has 0 nitrogen and oxygen atoms in total. The molecule has 2 heteroatoms. The van der Waals surface area contributed by atoms with Gasteiger partial charge in [0.1, 0.15) is 0 Å².